The van der Waals surface area contributed by atoms with Crippen LogP contribution in [-0.2, 0) is 0 Å². The lowest BCUT2D eigenvalue weighted by Gasteiger charge is -2.13. The molecule has 0 spiro atoms. The number of pyridine rings is 1. The molecule has 0 bridgehead atoms. The van der Waals surface area contributed by atoms with Gasteiger partial charge in [0.25, 0.3) is 0 Å². The Morgan fingerprint density at radius 2 is 1.74 bits per heavy atom. The molecule has 96 valence electrons. The molecule has 2 aromatic carbocycles. The van der Waals surface area contributed by atoms with E-state index in [1.165, 1.54) is 16.3 Å². The van der Waals surface area contributed by atoms with Crippen molar-refractivity contribution in [2.24, 2.45) is 0 Å². The van der Waals surface area contributed by atoms with Gasteiger partial charge in [-0.15, -0.1) is 0 Å². The van der Waals surface area contributed by atoms with Crippen LogP contribution >= 0.6 is 0 Å². The molecule has 1 heterocycles. The Hall–Kier alpha value is -2.09. The van der Waals surface area contributed by atoms with E-state index in [0.717, 1.165) is 16.8 Å². The van der Waals surface area contributed by atoms with Crippen molar-refractivity contribution < 1.29 is 4.74 Å². The number of para-hydroxylation sites is 1. The van der Waals surface area contributed by atoms with E-state index in [-0.39, 0.29) is 6.10 Å². The maximum atomic E-state index is 5.86. The molecule has 0 aliphatic carbocycles. The summed E-state index contributed by atoms with van der Waals surface area (Å²) in [7, 11) is 0. The van der Waals surface area contributed by atoms with E-state index < -0.39 is 0 Å². The molecular weight excluding hydrogens is 234 g/mol. The maximum Gasteiger partial charge on any atom is 0.222 e. The molecule has 0 aliphatic heterocycles. The van der Waals surface area contributed by atoms with Crippen molar-refractivity contribution in [2.45, 2.75) is 26.9 Å². The van der Waals surface area contributed by atoms with E-state index >= 15 is 0 Å². The predicted octanol–water partition coefficient (Wildman–Crippen LogP) is 4.48. The van der Waals surface area contributed by atoms with Crippen molar-refractivity contribution in [2.75, 3.05) is 0 Å². The summed E-state index contributed by atoms with van der Waals surface area (Å²) in [5, 5.41) is 3.47. The molecule has 19 heavy (non-hydrogen) atoms. The number of aromatic nitrogens is 1. The Morgan fingerprint density at radius 3 is 2.53 bits per heavy atom. The zero-order chi connectivity index (χ0) is 13.4. The normalized spacial score (nSPS) is 11.4. The molecule has 0 radical (unpaired) electrons. The van der Waals surface area contributed by atoms with Crippen LogP contribution in [0.4, 0.5) is 0 Å². The van der Waals surface area contributed by atoms with Crippen LogP contribution in [0.15, 0.2) is 42.5 Å². The summed E-state index contributed by atoms with van der Waals surface area (Å²) in [6.45, 7) is 6.16. The molecule has 3 rings (SSSR count). The first-order valence-electron chi connectivity index (χ1n) is 6.61. The highest BCUT2D eigenvalue weighted by Crippen LogP contribution is 2.31. The van der Waals surface area contributed by atoms with Crippen LogP contribution in [0, 0.1) is 6.92 Å². The second kappa shape index (κ2) is 4.54. The zero-order valence-electron chi connectivity index (χ0n) is 11.5. The highest BCUT2D eigenvalue weighted by molar-refractivity contribution is 6.07. The summed E-state index contributed by atoms with van der Waals surface area (Å²) in [5.41, 5.74) is 2.23. The highest BCUT2D eigenvalue weighted by Gasteiger charge is 2.10. The first-order valence-corrected chi connectivity index (χ1v) is 6.61. The van der Waals surface area contributed by atoms with E-state index in [1.807, 2.05) is 26.0 Å². The monoisotopic (exact) mass is 251 g/mol. The fourth-order valence-corrected chi connectivity index (χ4v) is 2.35. The van der Waals surface area contributed by atoms with Crippen molar-refractivity contribution in [3.05, 3.63) is 48.0 Å². The summed E-state index contributed by atoms with van der Waals surface area (Å²) < 4.78 is 5.86. The molecule has 0 saturated heterocycles. The second-order valence-corrected chi connectivity index (χ2v) is 5.15. The Kier molecular flexibility index (Phi) is 2.86. The van der Waals surface area contributed by atoms with Gasteiger partial charge < -0.3 is 4.74 Å². The van der Waals surface area contributed by atoms with Gasteiger partial charge >= 0.3 is 0 Å². The third-order valence-electron chi connectivity index (χ3n) is 3.17. The molecule has 1 aromatic heterocycles. The van der Waals surface area contributed by atoms with Crippen molar-refractivity contribution in [1.29, 1.82) is 0 Å². The topological polar surface area (TPSA) is 22.1 Å². The Morgan fingerprint density at radius 1 is 0.947 bits per heavy atom. The fraction of sp³-hybridized carbons (Fsp3) is 0.235. The fourth-order valence-electron chi connectivity index (χ4n) is 2.35. The van der Waals surface area contributed by atoms with Gasteiger partial charge in [-0.25, -0.2) is 4.98 Å². The lowest BCUT2D eigenvalue weighted by molar-refractivity contribution is 0.237. The Bertz CT molecular complexity index is 747. The van der Waals surface area contributed by atoms with E-state index in [9.17, 15) is 0 Å². The molecule has 0 amide bonds. The van der Waals surface area contributed by atoms with Gasteiger partial charge in [0.05, 0.1) is 11.6 Å². The summed E-state index contributed by atoms with van der Waals surface area (Å²) in [4.78, 5) is 4.65. The van der Waals surface area contributed by atoms with Gasteiger partial charge in [0.1, 0.15) is 0 Å². The minimum atomic E-state index is 0.123. The molecule has 2 heteroatoms. The predicted molar refractivity (Wildman–Crippen MR) is 79.8 cm³/mol. The van der Waals surface area contributed by atoms with Crippen molar-refractivity contribution in [3.63, 3.8) is 0 Å². The molecule has 0 aliphatic rings. The Balaban J connectivity index is 2.41. The average Bonchev–Trinajstić information content (AvgIpc) is 2.38. The van der Waals surface area contributed by atoms with Crippen molar-refractivity contribution in [1.82, 2.24) is 4.98 Å². The number of rotatable bonds is 2. The summed E-state index contributed by atoms with van der Waals surface area (Å²) in [6.07, 6.45) is 0.123. The quantitative estimate of drug-likeness (QED) is 0.626. The van der Waals surface area contributed by atoms with Gasteiger partial charge in [-0.05, 0) is 38.3 Å². The Labute approximate surface area is 113 Å². The number of benzene rings is 2. The summed E-state index contributed by atoms with van der Waals surface area (Å²) in [5.74, 6) is 0.726. The number of fused-ring (bicyclic) bond motifs is 3. The van der Waals surface area contributed by atoms with Gasteiger partial charge in [-0.3, -0.25) is 0 Å². The van der Waals surface area contributed by atoms with Crippen LogP contribution in [0.2, 0.25) is 0 Å². The third kappa shape index (κ3) is 2.14. The van der Waals surface area contributed by atoms with E-state index in [0.29, 0.717) is 0 Å². The lowest BCUT2D eigenvalue weighted by atomic mass is 10.0. The first kappa shape index (κ1) is 12.0. The summed E-state index contributed by atoms with van der Waals surface area (Å²) >= 11 is 0. The third-order valence-corrected chi connectivity index (χ3v) is 3.17. The largest absolute Gasteiger partial charge is 0.474 e. The molecule has 2 nitrogen and oxygen atoms in total. The van der Waals surface area contributed by atoms with Gasteiger partial charge in [0.15, 0.2) is 0 Å². The minimum absolute atomic E-state index is 0.123. The highest BCUT2D eigenvalue weighted by atomic mass is 16.5. The lowest BCUT2D eigenvalue weighted by Crippen LogP contribution is -2.07. The number of ether oxygens (including phenoxy) is 1. The van der Waals surface area contributed by atoms with Gasteiger partial charge in [0, 0.05) is 10.8 Å². The number of aryl methyl sites for hydroxylation is 1. The number of hydrogen-bond donors (Lipinski definition) is 0. The van der Waals surface area contributed by atoms with Crippen LogP contribution in [0.25, 0.3) is 21.7 Å². The molecular formula is C17H17NO. The molecule has 0 fully saturated rings. The first-order chi connectivity index (χ1) is 9.15. The van der Waals surface area contributed by atoms with Crippen LogP contribution in [-0.4, -0.2) is 11.1 Å². The molecule has 0 saturated carbocycles. The smallest absolute Gasteiger partial charge is 0.222 e. The van der Waals surface area contributed by atoms with Crippen molar-refractivity contribution in [3.8, 4) is 5.88 Å². The zero-order valence-corrected chi connectivity index (χ0v) is 11.5. The van der Waals surface area contributed by atoms with Crippen molar-refractivity contribution >= 4 is 21.7 Å². The van der Waals surface area contributed by atoms with Gasteiger partial charge in [-0.1, -0.05) is 35.9 Å². The van der Waals surface area contributed by atoms with Crippen LogP contribution in [0.3, 0.4) is 0 Å². The average molecular weight is 251 g/mol. The molecule has 0 atom stereocenters. The van der Waals surface area contributed by atoms with E-state index in [2.05, 4.69) is 42.2 Å². The maximum absolute atomic E-state index is 5.86. The van der Waals surface area contributed by atoms with Crippen LogP contribution < -0.4 is 4.74 Å². The SMILES string of the molecule is Cc1ccc2c(OC(C)C)nc3ccccc3c2c1. The molecule has 0 N–H and O–H groups in total. The van der Waals surface area contributed by atoms with Gasteiger partial charge in [-0.2, -0.15) is 0 Å². The van der Waals surface area contributed by atoms with E-state index in [4.69, 9.17) is 4.74 Å². The number of hydrogen-bond acceptors (Lipinski definition) is 2. The second-order valence-electron chi connectivity index (χ2n) is 5.15. The molecule has 3 aromatic rings. The summed E-state index contributed by atoms with van der Waals surface area (Å²) in [6, 6.07) is 14.6. The molecule has 0 unspecified atom stereocenters. The van der Waals surface area contributed by atoms with Crippen LogP contribution in [0.1, 0.15) is 19.4 Å². The van der Waals surface area contributed by atoms with Crippen LogP contribution in [0.5, 0.6) is 5.88 Å². The number of nitrogens with zero attached hydrogens (tertiary/aromatic N) is 1. The standard InChI is InChI=1S/C17H17NO/c1-11(2)19-17-14-9-8-12(3)10-15(14)13-6-4-5-7-16(13)18-17/h4-11H,1-3H3. The minimum Gasteiger partial charge on any atom is -0.474 e. The van der Waals surface area contributed by atoms with E-state index in [1.54, 1.807) is 0 Å². The van der Waals surface area contributed by atoms with Gasteiger partial charge in [0.2, 0.25) is 5.88 Å².